The first-order valence-corrected chi connectivity index (χ1v) is 0. The Bertz CT molecular complexity index is 6.04. The maximum absolute atomic E-state index is 0. The number of rotatable bonds is 0. The third kappa shape index (κ3) is 83.7. The molecule has 0 aromatic heterocycles. The summed E-state index contributed by atoms with van der Waals surface area (Å²) in [5.41, 5.74) is 0. The first kappa shape index (κ1) is 172. The van der Waals surface area contributed by atoms with Gasteiger partial charge in [-0.2, -0.15) is 67.5 Å². The summed E-state index contributed by atoms with van der Waals surface area (Å²) < 4.78 is 0. The van der Waals surface area contributed by atoms with Crippen LogP contribution in [-0.4, -0.2) is 0 Å². The van der Waals surface area contributed by atoms with Gasteiger partial charge in [0, 0.05) is 0 Å². The largest absolute Gasteiger partial charge is 0.197 e. The van der Waals surface area contributed by atoms with Crippen molar-refractivity contribution in [1.82, 2.24) is 0 Å². The first-order valence-electron chi connectivity index (χ1n) is 0. The van der Waals surface area contributed by atoms with Gasteiger partial charge in [0.1, 0.15) is 0 Å². The molecule has 0 amide bonds. The average molecular weight is 203 g/mol. The van der Waals surface area contributed by atoms with Gasteiger partial charge >= 0.3 is 0 Å². The summed E-state index contributed by atoms with van der Waals surface area (Å²) in [7, 11) is 0. The summed E-state index contributed by atoms with van der Waals surface area (Å²) in [6.45, 7) is 0. The van der Waals surface area contributed by atoms with E-state index in [1.54, 1.807) is 0 Å². The predicted molar refractivity (Wildman–Crippen MR) is 65.4 cm³/mol. The average Bonchev–Trinajstić information content (AvgIpc) is 0. The first-order chi connectivity index (χ1) is 0. The molecule has 0 aromatic carbocycles. The molecule has 0 aliphatic carbocycles. The second kappa shape index (κ2) is 115. The van der Waals surface area contributed by atoms with Crippen molar-refractivity contribution in [3.05, 3.63) is 0 Å². The Morgan fingerprint density at radius 1 is 0.286 bits per heavy atom. The summed E-state index contributed by atoms with van der Waals surface area (Å²) in [6, 6.07) is 0. The highest BCUT2D eigenvalue weighted by Gasteiger charge is -0.0765. The molecule has 0 aromatic rings. The molecule has 5 heteroatoms. The molecule has 0 nitrogen and oxygen atoms in total. The molecule has 0 radical (unpaired) electrons. The van der Waals surface area contributed by atoms with Crippen molar-refractivity contribution in [2.24, 2.45) is 0 Å². The standard InChI is InChI=1S/2CH4.5H2S/h2*1H4;5*1H2. The molecule has 56 valence electrons. The van der Waals surface area contributed by atoms with Gasteiger partial charge in [-0.1, -0.05) is 14.9 Å². The SMILES string of the molecule is C.C.S.S.S.S.S. The van der Waals surface area contributed by atoms with Crippen LogP contribution < -0.4 is 0 Å². The molecule has 0 heterocycles. The lowest BCUT2D eigenvalue weighted by atomic mass is 12.0. The summed E-state index contributed by atoms with van der Waals surface area (Å²) >= 11 is 0. The highest BCUT2D eigenvalue weighted by Crippen LogP contribution is 0.652. The van der Waals surface area contributed by atoms with Crippen molar-refractivity contribution in [3.63, 3.8) is 0 Å². The Morgan fingerprint density at radius 3 is 0.286 bits per heavy atom. The number of hydrogen-bond donors (Lipinski definition) is 0. The quantitative estimate of drug-likeness (QED) is 0.562. The Kier molecular flexibility index (Phi) is 2830. The molecule has 0 bridgehead atoms. The molecular weight excluding hydrogens is 184 g/mol. The fourth-order valence-electron chi connectivity index (χ4n) is 0. The third-order valence-corrected chi connectivity index (χ3v) is 0. The van der Waals surface area contributed by atoms with E-state index >= 15 is 0 Å². The fourth-order valence-corrected chi connectivity index (χ4v) is 0. The van der Waals surface area contributed by atoms with Gasteiger partial charge in [0.05, 0.1) is 0 Å². The van der Waals surface area contributed by atoms with E-state index in [0.29, 0.717) is 0 Å². The van der Waals surface area contributed by atoms with E-state index in [0.717, 1.165) is 0 Å². The van der Waals surface area contributed by atoms with Crippen LogP contribution in [0.4, 0.5) is 0 Å². The maximum atomic E-state index is 0. The third-order valence-electron chi connectivity index (χ3n) is 0. The lowest BCUT2D eigenvalue weighted by molar-refractivity contribution is 2.50. The molecule has 0 fully saturated rings. The van der Waals surface area contributed by atoms with Crippen LogP contribution in [0, 0.1) is 0 Å². The normalized spacial score (nSPS) is 0. The van der Waals surface area contributed by atoms with E-state index in [1.807, 2.05) is 0 Å². The Labute approximate surface area is 82.1 Å². The van der Waals surface area contributed by atoms with Crippen LogP contribution in [0.3, 0.4) is 0 Å². The Morgan fingerprint density at radius 2 is 0.286 bits per heavy atom. The smallest absolute Gasteiger partial charge is 0.0776 e. The van der Waals surface area contributed by atoms with E-state index in [2.05, 4.69) is 0 Å². The second-order valence-electron chi connectivity index (χ2n) is 0. The van der Waals surface area contributed by atoms with Gasteiger partial charge in [0.25, 0.3) is 0 Å². The van der Waals surface area contributed by atoms with Gasteiger partial charge < -0.3 is 0 Å². The zero-order valence-corrected chi connectivity index (χ0v) is 7.50. The van der Waals surface area contributed by atoms with Crippen molar-refractivity contribution in [3.8, 4) is 0 Å². The summed E-state index contributed by atoms with van der Waals surface area (Å²) in [5, 5.41) is 0. The monoisotopic (exact) mass is 202 g/mol. The van der Waals surface area contributed by atoms with Gasteiger partial charge in [-0.15, -0.1) is 0 Å². The topological polar surface area (TPSA) is 0 Å². The summed E-state index contributed by atoms with van der Waals surface area (Å²) in [6.07, 6.45) is 0. The molecule has 0 N–H and O–H groups in total. The van der Waals surface area contributed by atoms with Gasteiger partial charge in [-0.3, -0.25) is 0 Å². The maximum Gasteiger partial charge on any atom is -0.0776 e. The zero-order chi connectivity index (χ0) is 0. The van der Waals surface area contributed by atoms with E-state index in [9.17, 15) is 0 Å². The predicted octanol–water partition coefficient (Wildman–Crippen LogP) is 1.84. The molecule has 7 heavy (non-hydrogen) atoms. The molecule has 0 rings (SSSR count). The molecule has 0 aliphatic heterocycles. The van der Waals surface area contributed by atoms with Crippen LogP contribution in [-0.2, 0) is 0 Å². The Hall–Kier alpha value is 1.75. The van der Waals surface area contributed by atoms with Gasteiger partial charge in [-0.25, -0.2) is 0 Å². The molecular formula is C2H18S5. The lowest BCUT2D eigenvalue weighted by Gasteiger charge is -0.198. The highest BCUT2D eigenvalue weighted by atomic mass is 32.1. The lowest BCUT2D eigenvalue weighted by Crippen LogP contribution is 0.143. The van der Waals surface area contributed by atoms with Crippen LogP contribution in [0.25, 0.3) is 0 Å². The zero-order valence-electron chi connectivity index (χ0n) is 2.50. The van der Waals surface area contributed by atoms with Crippen LogP contribution in [0.5, 0.6) is 0 Å². The van der Waals surface area contributed by atoms with Crippen molar-refractivity contribution >= 4 is 67.5 Å². The van der Waals surface area contributed by atoms with Crippen molar-refractivity contribution in [2.75, 3.05) is 0 Å². The minimum absolute atomic E-state index is 0. The minimum Gasteiger partial charge on any atom is -0.197 e. The second-order valence-corrected chi connectivity index (χ2v) is 0. The van der Waals surface area contributed by atoms with E-state index in [-0.39, 0.29) is 82.3 Å². The van der Waals surface area contributed by atoms with Crippen molar-refractivity contribution < 1.29 is 0 Å². The van der Waals surface area contributed by atoms with Gasteiger partial charge in [-0.05, 0) is 0 Å². The van der Waals surface area contributed by atoms with E-state index in [4.69, 9.17) is 0 Å². The molecule has 0 saturated heterocycles. The van der Waals surface area contributed by atoms with Crippen LogP contribution >= 0.6 is 67.5 Å². The van der Waals surface area contributed by atoms with Gasteiger partial charge in [0.2, 0.25) is 0 Å². The molecule has 0 unspecified atom stereocenters. The van der Waals surface area contributed by atoms with E-state index < -0.39 is 0 Å². The van der Waals surface area contributed by atoms with E-state index in [1.165, 1.54) is 0 Å². The highest BCUT2D eigenvalue weighted by molar-refractivity contribution is 7.60. The number of hydrogen-bond acceptors (Lipinski definition) is 0. The van der Waals surface area contributed by atoms with Crippen molar-refractivity contribution in [2.45, 2.75) is 14.9 Å². The fraction of sp³-hybridized carbons (Fsp3) is 1.00. The minimum atomic E-state index is 0. The molecule has 0 aliphatic rings. The van der Waals surface area contributed by atoms with Crippen LogP contribution in [0.1, 0.15) is 14.9 Å². The summed E-state index contributed by atoms with van der Waals surface area (Å²) in [4.78, 5) is 0. The van der Waals surface area contributed by atoms with Gasteiger partial charge in [0.15, 0.2) is 0 Å². The molecule has 0 spiro atoms. The summed E-state index contributed by atoms with van der Waals surface area (Å²) in [5.74, 6) is 0. The van der Waals surface area contributed by atoms with Crippen molar-refractivity contribution in [1.29, 1.82) is 0 Å². The molecule has 0 atom stereocenters. The van der Waals surface area contributed by atoms with Crippen LogP contribution in [0.2, 0.25) is 0 Å². The van der Waals surface area contributed by atoms with Crippen LogP contribution in [0.15, 0.2) is 0 Å². The molecule has 0 saturated carbocycles. The Balaban J connectivity index is 0.